The lowest BCUT2D eigenvalue weighted by atomic mass is 9.93. The fourth-order valence-corrected chi connectivity index (χ4v) is 6.07. The number of carboxylic acid groups (broad SMARTS) is 1. The van der Waals surface area contributed by atoms with Gasteiger partial charge in [-0.05, 0) is 68.3 Å². The molecule has 3 N–H and O–H groups in total. The monoisotopic (exact) mass is 563 g/mol. The number of hydrogen-bond donors (Lipinski definition) is 3. The van der Waals surface area contributed by atoms with E-state index in [1.54, 1.807) is 23.9 Å². The second-order valence-electron chi connectivity index (χ2n) is 9.54. The first kappa shape index (κ1) is 28.3. The zero-order chi connectivity index (χ0) is 26.3. The van der Waals surface area contributed by atoms with Crippen molar-refractivity contribution in [2.75, 3.05) is 39.1 Å². The van der Waals surface area contributed by atoms with Gasteiger partial charge in [-0.3, -0.25) is 5.32 Å². The molecule has 2 aliphatic heterocycles. The minimum absolute atomic E-state index is 0.197. The lowest BCUT2D eigenvalue weighted by Crippen LogP contribution is -2.60. The molecule has 0 spiro atoms. The van der Waals surface area contributed by atoms with Crippen LogP contribution in [0.4, 0.5) is 0 Å². The predicted molar refractivity (Wildman–Crippen MR) is 152 cm³/mol. The Hall–Kier alpha value is -1.74. The Balaban J connectivity index is 1.59. The average molecular weight is 565 g/mol. The number of carboxylic acids is 1. The van der Waals surface area contributed by atoms with E-state index in [9.17, 15) is 9.90 Å². The summed E-state index contributed by atoms with van der Waals surface area (Å²) in [5, 5.41) is 18.3. The van der Waals surface area contributed by atoms with E-state index in [1.807, 2.05) is 30.5 Å². The molecule has 0 aromatic heterocycles. The molecule has 6 nitrogen and oxygen atoms in total. The van der Waals surface area contributed by atoms with E-state index in [2.05, 4.69) is 27.7 Å². The third kappa shape index (κ3) is 7.43. The van der Waals surface area contributed by atoms with Gasteiger partial charge in [-0.25, -0.2) is 4.79 Å². The van der Waals surface area contributed by atoms with Crippen LogP contribution >= 0.6 is 35.0 Å². The Kier molecular flexibility index (Phi) is 10.2. The number of aliphatic carboxylic acids is 1. The van der Waals surface area contributed by atoms with E-state index < -0.39 is 17.0 Å². The van der Waals surface area contributed by atoms with Crippen LogP contribution in [0.5, 0.6) is 0 Å². The summed E-state index contributed by atoms with van der Waals surface area (Å²) in [6.07, 6.45) is 7.33. The van der Waals surface area contributed by atoms with Crippen molar-refractivity contribution in [3.05, 3.63) is 81.0 Å². The number of nitrogens with one attached hydrogen (secondary N) is 2. The van der Waals surface area contributed by atoms with Crippen LogP contribution in [0, 0.1) is 0 Å². The Bertz CT molecular complexity index is 1100. The number of likely N-dealkylation sites (tertiary alicyclic amines) is 1. The fourth-order valence-electron chi connectivity index (χ4n) is 5.00. The first-order chi connectivity index (χ1) is 17.9. The van der Waals surface area contributed by atoms with Crippen LogP contribution in [0.15, 0.2) is 59.8 Å². The molecule has 2 unspecified atom stereocenters. The number of thioether (sulfide) groups is 1. The van der Waals surface area contributed by atoms with Crippen LogP contribution in [-0.2, 0) is 16.0 Å². The van der Waals surface area contributed by atoms with Crippen molar-refractivity contribution >= 4 is 40.9 Å². The molecular formula is C28H35Cl2N3O3S. The number of halogens is 2. The van der Waals surface area contributed by atoms with Crippen molar-refractivity contribution in [3.8, 4) is 0 Å². The first-order valence-electron chi connectivity index (χ1n) is 12.8. The van der Waals surface area contributed by atoms with Gasteiger partial charge < -0.3 is 20.1 Å². The summed E-state index contributed by atoms with van der Waals surface area (Å²) < 4.78 is 6.07. The molecule has 2 atom stereocenters. The van der Waals surface area contributed by atoms with Crippen molar-refractivity contribution in [1.29, 1.82) is 0 Å². The predicted octanol–water partition coefficient (Wildman–Crippen LogP) is 5.72. The quantitative estimate of drug-likeness (QED) is 0.302. The molecule has 37 heavy (non-hydrogen) atoms. The number of piperidine rings is 1. The third-order valence-corrected chi connectivity index (χ3v) is 8.92. The molecule has 4 rings (SSSR count). The van der Waals surface area contributed by atoms with Gasteiger partial charge in [0.2, 0.25) is 0 Å². The summed E-state index contributed by atoms with van der Waals surface area (Å²) >= 11 is 14.1. The normalized spacial score (nSPS) is 22.6. The van der Waals surface area contributed by atoms with E-state index in [-0.39, 0.29) is 12.2 Å². The van der Waals surface area contributed by atoms with E-state index in [0.29, 0.717) is 22.3 Å². The van der Waals surface area contributed by atoms with Crippen LogP contribution in [0.2, 0.25) is 10.0 Å². The Morgan fingerprint density at radius 2 is 1.89 bits per heavy atom. The van der Waals surface area contributed by atoms with Crippen molar-refractivity contribution in [2.45, 2.75) is 43.1 Å². The number of nitrogens with zero attached hydrogens (tertiary/aromatic N) is 1. The molecule has 1 saturated heterocycles. The van der Waals surface area contributed by atoms with Gasteiger partial charge in [0.15, 0.2) is 0 Å². The van der Waals surface area contributed by atoms with Gasteiger partial charge in [0, 0.05) is 6.54 Å². The van der Waals surface area contributed by atoms with Gasteiger partial charge in [-0.1, -0.05) is 66.0 Å². The molecule has 2 heterocycles. The summed E-state index contributed by atoms with van der Waals surface area (Å²) in [4.78, 5) is 14.4. The van der Waals surface area contributed by atoms with Crippen molar-refractivity contribution < 1.29 is 14.6 Å². The summed E-state index contributed by atoms with van der Waals surface area (Å²) in [6.45, 7) is 3.81. The van der Waals surface area contributed by atoms with Crippen LogP contribution in [0.25, 0.3) is 0 Å². The molecule has 0 radical (unpaired) electrons. The average Bonchev–Trinajstić information content (AvgIpc) is 2.92. The van der Waals surface area contributed by atoms with Crippen LogP contribution in [0.3, 0.4) is 0 Å². The SMILES string of the molecule is CSC1(CCc2ccccc2)NC(COCCN2CCCCC2)=C(C(=O)O)C(c2ccc(Cl)c(Cl)c2)N1. The molecule has 2 aromatic rings. The van der Waals surface area contributed by atoms with E-state index in [0.717, 1.165) is 38.0 Å². The largest absolute Gasteiger partial charge is 0.478 e. The van der Waals surface area contributed by atoms with Crippen molar-refractivity contribution in [1.82, 2.24) is 15.5 Å². The molecule has 200 valence electrons. The molecule has 2 aliphatic rings. The van der Waals surface area contributed by atoms with Gasteiger partial charge in [-0.15, -0.1) is 11.8 Å². The lowest BCUT2D eigenvalue weighted by Gasteiger charge is -2.44. The van der Waals surface area contributed by atoms with Crippen molar-refractivity contribution in [2.24, 2.45) is 0 Å². The van der Waals surface area contributed by atoms with E-state index >= 15 is 0 Å². The molecule has 9 heteroatoms. The molecule has 0 saturated carbocycles. The highest BCUT2D eigenvalue weighted by atomic mass is 35.5. The maximum Gasteiger partial charge on any atom is 0.335 e. The molecule has 1 fully saturated rings. The van der Waals surface area contributed by atoms with Gasteiger partial charge >= 0.3 is 5.97 Å². The molecular weight excluding hydrogens is 529 g/mol. The summed E-state index contributed by atoms with van der Waals surface area (Å²) in [6, 6.07) is 15.0. The Morgan fingerprint density at radius 3 is 2.57 bits per heavy atom. The minimum atomic E-state index is -0.997. The smallest absolute Gasteiger partial charge is 0.335 e. The van der Waals surface area contributed by atoms with Crippen LogP contribution < -0.4 is 10.6 Å². The molecule has 0 bridgehead atoms. The fraction of sp³-hybridized carbons (Fsp3) is 0.464. The van der Waals surface area contributed by atoms with Crippen molar-refractivity contribution in [3.63, 3.8) is 0 Å². The number of benzene rings is 2. The first-order valence-corrected chi connectivity index (χ1v) is 14.8. The van der Waals surface area contributed by atoms with E-state index in [4.69, 9.17) is 27.9 Å². The number of rotatable bonds is 11. The molecule has 0 amide bonds. The van der Waals surface area contributed by atoms with Crippen LogP contribution in [-0.4, -0.2) is 60.1 Å². The number of carbonyl (C=O) groups is 1. The van der Waals surface area contributed by atoms with Gasteiger partial charge in [0.1, 0.15) is 4.99 Å². The Morgan fingerprint density at radius 1 is 1.14 bits per heavy atom. The molecule has 2 aromatic carbocycles. The number of hydrogen-bond acceptors (Lipinski definition) is 6. The standard InChI is InChI=1S/C28H35Cl2N3O3S/c1-37-28(13-12-20-8-4-2-5-9-20)31-24(19-36-17-16-33-14-6-3-7-15-33)25(27(34)35)26(32-28)21-10-11-22(29)23(30)18-21/h2,4-5,8-11,18,26,31-32H,3,6-7,12-17,19H2,1H3,(H,34,35). The topological polar surface area (TPSA) is 73.8 Å². The zero-order valence-electron chi connectivity index (χ0n) is 21.1. The summed E-state index contributed by atoms with van der Waals surface area (Å²) in [7, 11) is 0. The highest BCUT2D eigenvalue weighted by molar-refractivity contribution is 7.99. The van der Waals surface area contributed by atoms with Gasteiger partial charge in [0.05, 0.1) is 40.6 Å². The summed E-state index contributed by atoms with van der Waals surface area (Å²) in [5.41, 5.74) is 2.79. The number of aryl methyl sites for hydroxylation is 1. The number of ether oxygens (including phenoxy) is 1. The Labute approximate surface area is 233 Å². The lowest BCUT2D eigenvalue weighted by molar-refractivity contribution is -0.133. The maximum atomic E-state index is 12.6. The maximum absolute atomic E-state index is 12.6. The highest BCUT2D eigenvalue weighted by Gasteiger charge is 2.42. The van der Waals surface area contributed by atoms with Gasteiger partial charge in [-0.2, -0.15) is 0 Å². The summed E-state index contributed by atoms with van der Waals surface area (Å²) in [5.74, 6) is -0.997. The minimum Gasteiger partial charge on any atom is -0.478 e. The van der Waals surface area contributed by atoms with Crippen LogP contribution in [0.1, 0.15) is 42.9 Å². The highest BCUT2D eigenvalue weighted by Crippen LogP contribution is 2.38. The second kappa shape index (κ2) is 13.4. The third-order valence-electron chi connectivity index (χ3n) is 7.06. The van der Waals surface area contributed by atoms with Gasteiger partial charge in [0.25, 0.3) is 0 Å². The molecule has 0 aliphatic carbocycles. The van der Waals surface area contributed by atoms with E-state index in [1.165, 1.54) is 24.8 Å². The second-order valence-corrected chi connectivity index (χ2v) is 11.5. The zero-order valence-corrected chi connectivity index (χ0v) is 23.5.